The average molecular weight is 678 g/mol. The summed E-state index contributed by atoms with van der Waals surface area (Å²) in [5, 5.41) is 23.8. The van der Waals surface area contributed by atoms with Crippen molar-refractivity contribution in [1.82, 2.24) is 20.2 Å². The fraction of sp³-hybridized carbons (Fsp3) is 0.514. The maximum Gasteiger partial charge on any atom is 0.319 e. The maximum absolute atomic E-state index is 16.8. The summed E-state index contributed by atoms with van der Waals surface area (Å²) in [7, 11) is 0. The minimum absolute atomic E-state index is 0.0184. The van der Waals surface area contributed by atoms with Crippen LogP contribution in [0.2, 0.25) is 0 Å². The van der Waals surface area contributed by atoms with Gasteiger partial charge >= 0.3 is 6.01 Å². The van der Waals surface area contributed by atoms with Gasteiger partial charge in [0.25, 0.3) is 0 Å². The lowest BCUT2D eigenvalue weighted by molar-refractivity contribution is -0.0706. The van der Waals surface area contributed by atoms with Gasteiger partial charge in [0.1, 0.15) is 22.9 Å². The molecule has 0 radical (unpaired) electrons. The zero-order valence-corrected chi connectivity index (χ0v) is 27.1. The predicted octanol–water partition coefficient (Wildman–Crippen LogP) is 6.05. The second-order valence-corrected chi connectivity index (χ2v) is 15.4. The smallest absolute Gasteiger partial charge is 0.319 e. The average Bonchev–Trinajstić information content (AvgIpc) is 3.75. The molecule has 9 rings (SSSR count). The van der Waals surface area contributed by atoms with Crippen molar-refractivity contribution >= 4 is 27.5 Å². The number of benzene rings is 3. The number of rotatable bonds is 7. The highest BCUT2D eigenvalue weighted by molar-refractivity contribution is 6.02. The zero-order chi connectivity index (χ0) is 33.7. The molecule has 258 valence electrons. The maximum atomic E-state index is 16.8. The highest BCUT2D eigenvalue weighted by atomic mass is 19.2. The molecule has 2 atom stereocenters. The standard InChI is InChI=1S/C37H39F4N5O3/c38-27-4-1-20-11-23(47)12-25(29(20)31(27)40)30-28(39)13-26-33(32(30)41)43-35(44-34(26)46-16-21-2-3-22(17-46)42-21)49-19-37(5-6-37)18-45-9-7-36(8-10-45)14-24(48)15-36/h1,4,11-13,21-22,24,42,47-48H,2-3,5-10,14-19H2. The summed E-state index contributed by atoms with van der Waals surface area (Å²) in [6, 6.07) is 6.00. The van der Waals surface area contributed by atoms with Crippen molar-refractivity contribution in [2.24, 2.45) is 10.8 Å². The number of hydrogen-bond acceptors (Lipinski definition) is 8. The third-order valence-corrected chi connectivity index (χ3v) is 11.9. The summed E-state index contributed by atoms with van der Waals surface area (Å²) in [5.74, 6) is -4.49. The van der Waals surface area contributed by atoms with E-state index in [9.17, 15) is 14.6 Å². The largest absolute Gasteiger partial charge is 0.508 e. The van der Waals surface area contributed by atoms with Gasteiger partial charge in [0.05, 0.1) is 18.3 Å². The number of phenolic OH excluding ortho intramolecular Hbond substituents is 1. The van der Waals surface area contributed by atoms with Crippen LogP contribution in [0, 0.1) is 34.1 Å². The minimum Gasteiger partial charge on any atom is -0.508 e. The number of aromatic nitrogens is 2. The first kappa shape index (κ1) is 31.3. The van der Waals surface area contributed by atoms with Crippen LogP contribution in [0.25, 0.3) is 32.8 Å². The van der Waals surface area contributed by atoms with Crippen LogP contribution in [0.1, 0.15) is 51.4 Å². The van der Waals surface area contributed by atoms with Gasteiger partial charge in [-0.15, -0.1) is 0 Å². The van der Waals surface area contributed by atoms with Crippen LogP contribution in [0.4, 0.5) is 23.4 Å². The fourth-order valence-corrected chi connectivity index (χ4v) is 9.01. The van der Waals surface area contributed by atoms with Crippen molar-refractivity contribution in [2.45, 2.75) is 69.6 Å². The summed E-state index contributed by atoms with van der Waals surface area (Å²) in [6.45, 7) is 4.42. The van der Waals surface area contributed by atoms with Crippen molar-refractivity contribution in [3.05, 3.63) is 53.6 Å². The Morgan fingerprint density at radius 2 is 1.63 bits per heavy atom. The van der Waals surface area contributed by atoms with Crippen LogP contribution in [0.15, 0.2) is 30.3 Å². The molecular formula is C37H39F4N5O3. The van der Waals surface area contributed by atoms with Crippen LogP contribution in [0.5, 0.6) is 11.8 Å². The minimum atomic E-state index is -1.26. The van der Waals surface area contributed by atoms with Crippen molar-refractivity contribution in [2.75, 3.05) is 44.2 Å². The van der Waals surface area contributed by atoms with E-state index in [-0.39, 0.29) is 62.6 Å². The summed E-state index contributed by atoms with van der Waals surface area (Å²) < 4.78 is 68.8. The molecule has 12 heteroatoms. The number of aliphatic hydroxyl groups excluding tert-OH is 1. The molecule has 1 aromatic heterocycles. The number of anilines is 1. The number of piperidine rings is 1. The highest BCUT2D eigenvalue weighted by Gasteiger charge is 2.49. The van der Waals surface area contributed by atoms with Gasteiger partial charge < -0.3 is 30.1 Å². The van der Waals surface area contributed by atoms with Crippen molar-refractivity contribution < 1.29 is 32.5 Å². The molecule has 2 aliphatic carbocycles. The number of phenols is 1. The van der Waals surface area contributed by atoms with E-state index in [1.54, 1.807) is 0 Å². The molecule has 1 spiro atoms. The Bertz CT molecular complexity index is 1960. The van der Waals surface area contributed by atoms with Gasteiger partial charge in [-0.1, -0.05) is 6.07 Å². The van der Waals surface area contributed by atoms with E-state index in [2.05, 4.69) is 15.2 Å². The van der Waals surface area contributed by atoms with Crippen LogP contribution in [-0.4, -0.2) is 82.6 Å². The Morgan fingerprint density at radius 1 is 0.898 bits per heavy atom. The molecule has 4 heterocycles. The molecule has 4 aromatic rings. The van der Waals surface area contributed by atoms with E-state index in [1.165, 1.54) is 12.1 Å². The molecule has 5 fully saturated rings. The van der Waals surface area contributed by atoms with Crippen LogP contribution in [-0.2, 0) is 0 Å². The van der Waals surface area contributed by atoms with E-state index in [1.807, 2.05) is 4.90 Å². The Hall–Kier alpha value is -3.74. The molecule has 5 aliphatic rings. The molecular weight excluding hydrogens is 638 g/mol. The Balaban J connectivity index is 1.07. The molecule has 2 unspecified atom stereocenters. The fourth-order valence-electron chi connectivity index (χ4n) is 9.01. The number of nitrogens with one attached hydrogen (secondary N) is 1. The van der Waals surface area contributed by atoms with Gasteiger partial charge in [0, 0.05) is 53.5 Å². The number of nitrogens with zero attached hydrogens (tertiary/aromatic N) is 4. The monoisotopic (exact) mass is 677 g/mol. The second kappa shape index (κ2) is 11.4. The Kier molecular flexibility index (Phi) is 7.27. The van der Waals surface area contributed by atoms with E-state index in [4.69, 9.17) is 9.72 Å². The number of hydrogen-bond donors (Lipinski definition) is 3. The summed E-state index contributed by atoms with van der Waals surface area (Å²) in [5.41, 5.74) is -0.887. The van der Waals surface area contributed by atoms with E-state index in [0.717, 1.165) is 89.2 Å². The molecule has 2 saturated carbocycles. The van der Waals surface area contributed by atoms with Crippen LogP contribution in [0.3, 0.4) is 0 Å². The molecule has 3 saturated heterocycles. The molecule has 3 aromatic carbocycles. The number of aromatic hydroxyl groups is 1. The van der Waals surface area contributed by atoms with Gasteiger partial charge in [0.2, 0.25) is 0 Å². The quantitative estimate of drug-likeness (QED) is 0.204. The first-order valence-corrected chi connectivity index (χ1v) is 17.4. The Morgan fingerprint density at radius 3 is 2.33 bits per heavy atom. The van der Waals surface area contributed by atoms with Crippen molar-refractivity contribution in [1.29, 1.82) is 0 Å². The van der Waals surface area contributed by atoms with Crippen molar-refractivity contribution in [3.63, 3.8) is 0 Å². The predicted molar refractivity (Wildman–Crippen MR) is 177 cm³/mol. The summed E-state index contributed by atoms with van der Waals surface area (Å²) in [6.07, 6.45) is 7.81. The van der Waals surface area contributed by atoms with Gasteiger partial charge in [-0.2, -0.15) is 9.97 Å². The zero-order valence-electron chi connectivity index (χ0n) is 27.1. The number of aliphatic hydroxyl groups is 1. The third kappa shape index (κ3) is 5.47. The molecule has 2 bridgehead atoms. The third-order valence-electron chi connectivity index (χ3n) is 11.9. The molecule has 3 aliphatic heterocycles. The van der Waals surface area contributed by atoms with Gasteiger partial charge in [0.15, 0.2) is 17.5 Å². The SMILES string of the molecule is Oc1cc(-c2c(F)cc3c(N4CC5CCC(C4)N5)nc(OCC4(CN5CCC6(CC5)CC(O)C6)CC4)nc3c2F)c2c(F)c(F)ccc2c1. The normalized spacial score (nSPS) is 24.6. The number of halogens is 4. The van der Waals surface area contributed by atoms with Gasteiger partial charge in [-0.3, -0.25) is 0 Å². The molecule has 0 amide bonds. The van der Waals surface area contributed by atoms with Crippen molar-refractivity contribution in [3.8, 4) is 22.9 Å². The Labute approximate surface area is 281 Å². The number of piperazine rings is 1. The number of fused-ring (bicyclic) bond motifs is 4. The molecule has 3 N–H and O–H groups in total. The van der Waals surface area contributed by atoms with Crippen LogP contribution >= 0.6 is 0 Å². The lowest BCUT2D eigenvalue weighted by atomic mass is 9.61. The summed E-state index contributed by atoms with van der Waals surface area (Å²) in [4.78, 5) is 13.8. The first-order chi connectivity index (χ1) is 23.6. The van der Waals surface area contributed by atoms with Gasteiger partial charge in [-0.25, -0.2) is 17.6 Å². The lowest BCUT2D eigenvalue weighted by Gasteiger charge is -2.51. The van der Waals surface area contributed by atoms with E-state index < -0.39 is 28.8 Å². The van der Waals surface area contributed by atoms with E-state index in [0.29, 0.717) is 30.9 Å². The van der Waals surface area contributed by atoms with Crippen LogP contribution < -0.4 is 15.0 Å². The first-order valence-electron chi connectivity index (χ1n) is 17.4. The topological polar surface area (TPSA) is 94.0 Å². The second-order valence-electron chi connectivity index (χ2n) is 15.4. The molecule has 8 nitrogen and oxygen atoms in total. The van der Waals surface area contributed by atoms with Gasteiger partial charge in [-0.05, 0) is 99.5 Å². The highest BCUT2D eigenvalue weighted by Crippen LogP contribution is 2.51. The number of ether oxygens (including phenoxy) is 1. The number of likely N-dealkylation sites (tertiary alicyclic amines) is 1. The summed E-state index contributed by atoms with van der Waals surface area (Å²) >= 11 is 0. The van der Waals surface area contributed by atoms with E-state index >= 15 is 13.2 Å². The molecule has 49 heavy (non-hydrogen) atoms. The lowest BCUT2D eigenvalue weighted by Crippen LogP contribution is -2.51.